The molecule has 0 spiro atoms. The summed E-state index contributed by atoms with van der Waals surface area (Å²) in [4.78, 5) is 10.9. The molecular weight excluding hydrogens is 260 g/mol. The molecule has 1 saturated carbocycles. The SMILES string of the molecule is COC(=O)CCCCCCCCCC=C1CCCCCC1. The zero-order valence-corrected chi connectivity index (χ0v) is 14.0. The average molecular weight is 294 g/mol. The smallest absolute Gasteiger partial charge is 0.305 e. The predicted molar refractivity (Wildman–Crippen MR) is 89.4 cm³/mol. The van der Waals surface area contributed by atoms with Crippen LogP contribution in [0.15, 0.2) is 11.6 Å². The lowest BCUT2D eigenvalue weighted by Gasteiger charge is -2.03. The standard InChI is InChI=1S/C19H34O2/c1-21-19(20)17-13-7-5-3-2-4-6-10-14-18-15-11-8-9-12-16-18/h14H,2-13,15-17H2,1H3. The minimum atomic E-state index is -0.0680. The number of esters is 1. The number of hydrogen-bond acceptors (Lipinski definition) is 2. The summed E-state index contributed by atoms with van der Waals surface area (Å²) in [6.07, 6.45) is 21.6. The van der Waals surface area contributed by atoms with E-state index in [2.05, 4.69) is 10.8 Å². The van der Waals surface area contributed by atoms with Gasteiger partial charge < -0.3 is 4.74 Å². The van der Waals surface area contributed by atoms with Crippen LogP contribution in [0.1, 0.15) is 96.3 Å². The Morgan fingerprint density at radius 2 is 1.48 bits per heavy atom. The highest BCUT2D eigenvalue weighted by Crippen LogP contribution is 2.22. The van der Waals surface area contributed by atoms with Crippen molar-refractivity contribution in [1.82, 2.24) is 0 Å². The van der Waals surface area contributed by atoms with Crippen LogP contribution in [0.5, 0.6) is 0 Å². The maximum Gasteiger partial charge on any atom is 0.305 e. The maximum atomic E-state index is 10.9. The van der Waals surface area contributed by atoms with E-state index in [0.29, 0.717) is 6.42 Å². The van der Waals surface area contributed by atoms with E-state index in [-0.39, 0.29) is 5.97 Å². The third-order valence-corrected chi connectivity index (χ3v) is 4.49. The summed E-state index contributed by atoms with van der Waals surface area (Å²) < 4.78 is 4.64. The van der Waals surface area contributed by atoms with E-state index in [1.54, 1.807) is 5.57 Å². The molecule has 0 aromatic rings. The van der Waals surface area contributed by atoms with Gasteiger partial charge in [0.2, 0.25) is 0 Å². The van der Waals surface area contributed by atoms with Crippen LogP contribution in [-0.2, 0) is 9.53 Å². The van der Waals surface area contributed by atoms with E-state index >= 15 is 0 Å². The minimum absolute atomic E-state index is 0.0680. The lowest BCUT2D eigenvalue weighted by atomic mass is 10.0. The minimum Gasteiger partial charge on any atom is -0.469 e. The Balaban J connectivity index is 1.86. The third kappa shape index (κ3) is 10.6. The van der Waals surface area contributed by atoms with Crippen LogP contribution in [0.3, 0.4) is 0 Å². The molecule has 0 N–H and O–H groups in total. The summed E-state index contributed by atoms with van der Waals surface area (Å²) >= 11 is 0. The van der Waals surface area contributed by atoms with Crippen molar-refractivity contribution in [3.8, 4) is 0 Å². The molecule has 1 aliphatic rings. The Hall–Kier alpha value is -0.790. The van der Waals surface area contributed by atoms with E-state index in [4.69, 9.17) is 0 Å². The monoisotopic (exact) mass is 294 g/mol. The van der Waals surface area contributed by atoms with Gasteiger partial charge in [-0.25, -0.2) is 0 Å². The van der Waals surface area contributed by atoms with Gasteiger partial charge >= 0.3 is 5.97 Å². The van der Waals surface area contributed by atoms with Crippen LogP contribution in [0.4, 0.5) is 0 Å². The molecule has 0 bridgehead atoms. The average Bonchev–Trinajstić information content (AvgIpc) is 2.77. The molecule has 2 nitrogen and oxygen atoms in total. The molecule has 122 valence electrons. The Bertz CT molecular complexity index is 284. The van der Waals surface area contributed by atoms with Crippen LogP contribution in [0, 0.1) is 0 Å². The molecule has 0 atom stereocenters. The van der Waals surface area contributed by atoms with Crippen LogP contribution in [0.2, 0.25) is 0 Å². The Morgan fingerprint density at radius 3 is 2.10 bits per heavy atom. The first-order chi connectivity index (χ1) is 10.3. The van der Waals surface area contributed by atoms with Gasteiger partial charge in [0.1, 0.15) is 0 Å². The zero-order valence-electron chi connectivity index (χ0n) is 14.0. The van der Waals surface area contributed by atoms with Crippen molar-refractivity contribution >= 4 is 5.97 Å². The topological polar surface area (TPSA) is 26.3 Å². The van der Waals surface area contributed by atoms with E-state index in [9.17, 15) is 4.79 Å². The molecule has 0 aromatic carbocycles. The van der Waals surface area contributed by atoms with E-state index in [0.717, 1.165) is 6.42 Å². The van der Waals surface area contributed by atoms with E-state index < -0.39 is 0 Å². The molecule has 0 heterocycles. The third-order valence-electron chi connectivity index (χ3n) is 4.49. The van der Waals surface area contributed by atoms with Gasteiger partial charge in [0.05, 0.1) is 7.11 Å². The summed E-state index contributed by atoms with van der Waals surface area (Å²) in [5.41, 5.74) is 1.73. The van der Waals surface area contributed by atoms with Crippen molar-refractivity contribution in [2.24, 2.45) is 0 Å². The summed E-state index contributed by atoms with van der Waals surface area (Å²) in [5.74, 6) is -0.0680. The van der Waals surface area contributed by atoms with Crippen molar-refractivity contribution in [3.05, 3.63) is 11.6 Å². The van der Waals surface area contributed by atoms with Gasteiger partial charge in [-0.15, -0.1) is 0 Å². The molecule has 2 heteroatoms. The molecule has 0 radical (unpaired) electrons. The van der Waals surface area contributed by atoms with Crippen molar-refractivity contribution in [3.63, 3.8) is 0 Å². The number of methoxy groups -OCH3 is 1. The molecule has 0 aromatic heterocycles. The number of carbonyl (C=O) groups excluding carboxylic acids is 1. The fraction of sp³-hybridized carbons (Fsp3) is 0.842. The van der Waals surface area contributed by atoms with Gasteiger partial charge in [-0.3, -0.25) is 4.79 Å². The molecule has 1 aliphatic carbocycles. The molecule has 0 unspecified atom stereocenters. The van der Waals surface area contributed by atoms with Gasteiger partial charge in [0, 0.05) is 6.42 Å². The van der Waals surface area contributed by atoms with E-state index in [1.165, 1.54) is 90.6 Å². The molecule has 1 rings (SSSR count). The number of rotatable bonds is 10. The van der Waals surface area contributed by atoms with Crippen molar-refractivity contribution in [2.75, 3.05) is 7.11 Å². The van der Waals surface area contributed by atoms with Gasteiger partial charge in [-0.05, 0) is 44.9 Å². The predicted octanol–water partition coefficient (Wildman–Crippen LogP) is 5.95. The highest BCUT2D eigenvalue weighted by molar-refractivity contribution is 5.68. The number of allylic oxidation sites excluding steroid dienone is 2. The number of unbranched alkanes of at least 4 members (excludes halogenated alkanes) is 7. The van der Waals surface area contributed by atoms with Gasteiger partial charge in [-0.2, -0.15) is 0 Å². The zero-order chi connectivity index (χ0) is 15.2. The lowest BCUT2D eigenvalue weighted by Crippen LogP contribution is -1.99. The summed E-state index contributed by atoms with van der Waals surface area (Å²) in [5, 5.41) is 0. The first-order valence-electron chi connectivity index (χ1n) is 9.07. The number of hydrogen-bond donors (Lipinski definition) is 0. The van der Waals surface area contributed by atoms with Crippen molar-refractivity contribution in [1.29, 1.82) is 0 Å². The first kappa shape index (κ1) is 18.3. The van der Waals surface area contributed by atoms with Crippen LogP contribution in [0.25, 0.3) is 0 Å². The van der Waals surface area contributed by atoms with Crippen LogP contribution < -0.4 is 0 Å². The van der Waals surface area contributed by atoms with Crippen LogP contribution in [-0.4, -0.2) is 13.1 Å². The maximum absolute atomic E-state index is 10.9. The highest BCUT2D eigenvalue weighted by atomic mass is 16.5. The Kier molecular flexibility index (Phi) is 11.2. The second-order valence-corrected chi connectivity index (χ2v) is 6.37. The fourth-order valence-corrected chi connectivity index (χ4v) is 3.09. The second kappa shape index (κ2) is 12.9. The largest absolute Gasteiger partial charge is 0.469 e. The Morgan fingerprint density at radius 1 is 0.905 bits per heavy atom. The number of carbonyl (C=O) groups is 1. The fourth-order valence-electron chi connectivity index (χ4n) is 3.09. The van der Waals surface area contributed by atoms with Gasteiger partial charge in [-0.1, -0.05) is 56.6 Å². The van der Waals surface area contributed by atoms with Gasteiger partial charge in [0.25, 0.3) is 0 Å². The second-order valence-electron chi connectivity index (χ2n) is 6.37. The summed E-state index contributed by atoms with van der Waals surface area (Å²) in [6.45, 7) is 0. The lowest BCUT2D eigenvalue weighted by molar-refractivity contribution is -0.140. The summed E-state index contributed by atoms with van der Waals surface area (Å²) in [7, 11) is 1.46. The molecule has 0 aliphatic heterocycles. The molecular formula is C19H34O2. The quantitative estimate of drug-likeness (QED) is 0.215. The highest BCUT2D eigenvalue weighted by Gasteiger charge is 2.03. The van der Waals surface area contributed by atoms with Gasteiger partial charge in [0.15, 0.2) is 0 Å². The molecule has 0 amide bonds. The molecule has 21 heavy (non-hydrogen) atoms. The normalized spacial score (nSPS) is 15.6. The Labute approximate surface area is 131 Å². The first-order valence-corrected chi connectivity index (χ1v) is 9.07. The molecule has 0 saturated heterocycles. The molecule has 1 fully saturated rings. The van der Waals surface area contributed by atoms with E-state index in [1.807, 2.05) is 0 Å². The van der Waals surface area contributed by atoms with Crippen molar-refractivity contribution in [2.45, 2.75) is 96.3 Å². The van der Waals surface area contributed by atoms with Crippen LogP contribution >= 0.6 is 0 Å². The number of ether oxygens (including phenoxy) is 1. The summed E-state index contributed by atoms with van der Waals surface area (Å²) in [6, 6.07) is 0. The van der Waals surface area contributed by atoms with Crippen molar-refractivity contribution < 1.29 is 9.53 Å².